The number of nitrogens with one attached hydrogen (secondary N) is 1. The number of carbonyl (C=O) groups excluding carboxylic acids is 2. The van der Waals surface area contributed by atoms with Gasteiger partial charge in [-0.05, 0) is 18.6 Å². The maximum absolute atomic E-state index is 12.0. The number of hydrogen-bond donors (Lipinski definition) is 1. The fourth-order valence-corrected chi connectivity index (χ4v) is 2.12. The van der Waals surface area contributed by atoms with Gasteiger partial charge in [0.25, 0.3) is 5.69 Å². The molecule has 0 aliphatic heterocycles. The predicted octanol–water partition coefficient (Wildman–Crippen LogP) is 0.937. The van der Waals surface area contributed by atoms with Crippen LogP contribution in [0.3, 0.4) is 0 Å². The first kappa shape index (κ1) is 20.0. The molecule has 0 spiro atoms. The number of hydrogen-bond acceptors (Lipinski definition) is 5. The summed E-state index contributed by atoms with van der Waals surface area (Å²) in [4.78, 5) is 37.3. The van der Waals surface area contributed by atoms with Gasteiger partial charge in [0.15, 0.2) is 0 Å². The van der Waals surface area contributed by atoms with Crippen molar-refractivity contribution in [3.8, 4) is 12.3 Å². The number of likely N-dealkylation sites (N-methyl/N-ethyl adjacent to an activating group) is 2. The second kappa shape index (κ2) is 9.27. The molecule has 0 fully saturated rings. The highest BCUT2D eigenvalue weighted by molar-refractivity contribution is 5.96. The fourth-order valence-electron chi connectivity index (χ4n) is 2.12. The van der Waals surface area contributed by atoms with E-state index in [4.69, 9.17) is 6.42 Å². The monoisotopic (exact) mass is 346 g/mol. The third-order valence-electron chi connectivity index (χ3n) is 3.63. The summed E-state index contributed by atoms with van der Waals surface area (Å²) < 4.78 is 0. The topological polar surface area (TPSA) is 95.8 Å². The number of aryl methyl sites for hydroxylation is 1. The first-order chi connectivity index (χ1) is 11.8. The zero-order chi connectivity index (χ0) is 19.0. The molecule has 2 amide bonds. The van der Waals surface area contributed by atoms with Gasteiger partial charge in [-0.2, -0.15) is 0 Å². The van der Waals surface area contributed by atoms with Gasteiger partial charge in [-0.1, -0.05) is 12.0 Å². The Morgan fingerprint density at radius 3 is 2.60 bits per heavy atom. The van der Waals surface area contributed by atoms with E-state index in [9.17, 15) is 19.7 Å². The molecule has 1 N–H and O–H groups in total. The van der Waals surface area contributed by atoms with E-state index in [0.29, 0.717) is 18.8 Å². The van der Waals surface area contributed by atoms with E-state index in [1.54, 1.807) is 31.1 Å². The summed E-state index contributed by atoms with van der Waals surface area (Å²) >= 11 is 0. The van der Waals surface area contributed by atoms with Gasteiger partial charge in [0.2, 0.25) is 11.8 Å². The van der Waals surface area contributed by atoms with Crippen LogP contribution in [0.1, 0.15) is 12.0 Å². The van der Waals surface area contributed by atoms with E-state index in [-0.39, 0.29) is 24.6 Å². The van der Waals surface area contributed by atoms with Gasteiger partial charge in [0.1, 0.15) is 12.1 Å². The van der Waals surface area contributed by atoms with Gasteiger partial charge in [-0.15, -0.1) is 6.42 Å². The van der Waals surface area contributed by atoms with Crippen molar-refractivity contribution in [2.24, 2.45) is 0 Å². The summed E-state index contributed by atoms with van der Waals surface area (Å²) in [5.74, 6) is 1.48. The zero-order valence-electron chi connectivity index (χ0n) is 14.6. The van der Waals surface area contributed by atoms with Crippen molar-refractivity contribution < 1.29 is 14.5 Å². The van der Waals surface area contributed by atoms with Crippen molar-refractivity contribution in [1.82, 2.24) is 10.2 Å². The number of nitro benzene ring substituents is 1. The molecule has 1 aromatic carbocycles. The zero-order valence-corrected chi connectivity index (χ0v) is 14.6. The highest BCUT2D eigenvalue weighted by atomic mass is 16.6. The minimum absolute atomic E-state index is 0.00995. The van der Waals surface area contributed by atoms with Crippen LogP contribution in [0.4, 0.5) is 11.4 Å². The highest BCUT2D eigenvalue weighted by Gasteiger charge is 2.19. The molecule has 0 atom stereocenters. The molecule has 0 radical (unpaired) electrons. The maximum atomic E-state index is 12.0. The van der Waals surface area contributed by atoms with Gasteiger partial charge in [0.05, 0.1) is 11.5 Å². The summed E-state index contributed by atoms with van der Waals surface area (Å²) in [7, 11) is 3.30. The molecule has 0 heterocycles. The van der Waals surface area contributed by atoms with Crippen LogP contribution in [0.25, 0.3) is 0 Å². The quantitative estimate of drug-likeness (QED) is 0.327. The molecule has 1 aromatic rings. The van der Waals surface area contributed by atoms with E-state index < -0.39 is 10.8 Å². The van der Waals surface area contributed by atoms with E-state index in [2.05, 4.69) is 11.2 Å². The molecule has 25 heavy (non-hydrogen) atoms. The van der Waals surface area contributed by atoms with E-state index >= 15 is 0 Å². The molecule has 134 valence electrons. The van der Waals surface area contributed by atoms with Crippen LogP contribution < -0.4 is 10.2 Å². The van der Waals surface area contributed by atoms with Crippen LogP contribution >= 0.6 is 0 Å². The van der Waals surface area contributed by atoms with Crippen LogP contribution in [0.2, 0.25) is 0 Å². The molecule has 0 aromatic heterocycles. The maximum Gasteiger partial charge on any atom is 0.292 e. The Labute approximate surface area is 146 Å². The fraction of sp³-hybridized carbons (Fsp3) is 0.412. The Bertz CT molecular complexity index is 696. The Hall–Kier alpha value is -3.08. The summed E-state index contributed by atoms with van der Waals surface area (Å²) in [5.41, 5.74) is 1.40. The van der Waals surface area contributed by atoms with Gasteiger partial charge < -0.3 is 15.1 Å². The second-order valence-corrected chi connectivity index (χ2v) is 5.64. The number of amides is 2. The average molecular weight is 346 g/mol. The minimum atomic E-state index is -0.435. The number of benzene rings is 1. The largest absolute Gasteiger partial charge is 0.367 e. The number of terminal acetylenes is 1. The molecular formula is C17H22N4O4. The summed E-state index contributed by atoms with van der Waals surface area (Å²) in [6.07, 6.45) is 4.75. The second-order valence-electron chi connectivity index (χ2n) is 5.64. The van der Waals surface area contributed by atoms with Crippen molar-refractivity contribution >= 4 is 23.2 Å². The number of nitro groups is 1. The van der Waals surface area contributed by atoms with Gasteiger partial charge >= 0.3 is 0 Å². The first-order valence-electron chi connectivity index (χ1n) is 7.66. The van der Waals surface area contributed by atoms with Crippen LogP contribution in [-0.4, -0.2) is 55.4 Å². The average Bonchev–Trinajstić information content (AvgIpc) is 2.56. The summed E-state index contributed by atoms with van der Waals surface area (Å²) in [5, 5.41) is 13.6. The molecule has 0 aliphatic carbocycles. The molecule has 0 unspecified atom stereocenters. The first-order valence-corrected chi connectivity index (χ1v) is 7.66. The lowest BCUT2D eigenvalue weighted by atomic mass is 10.2. The van der Waals surface area contributed by atoms with E-state index in [1.165, 1.54) is 11.0 Å². The molecule has 8 nitrogen and oxygen atoms in total. The Morgan fingerprint density at radius 2 is 2.00 bits per heavy atom. The Morgan fingerprint density at radius 1 is 1.32 bits per heavy atom. The molecular weight excluding hydrogens is 324 g/mol. The van der Waals surface area contributed by atoms with Crippen molar-refractivity contribution in [1.29, 1.82) is 0 Å². The van der Waals surface area contributed by atoms with E-state index in [1.807, 2.05) is 6.92 Å². The number of nitrogens with zero attached hydrogens (tertiary/aromatic N) is 3. The molecule has 0 saturated heterocycles. The smallest absolute Gasteiger partial charge is 0.292 e. The summed E-state index contributed by atoms with van der Waals surface area (Å²) in [6.45, 7) is 2.64. The lowest BCUT2D eigenvalue weighted by Gasteiger charge is -2.23. The van der Waals surface area contributed by atoms with Crippen molar-refractivity contribution in [3.63, 3.8) is 0 Å². The molecule has 1 rings (SSSR count). The van der Waals surface area contributed by atoms with E-state index in [0.717, 1.165) is 5.56 Å². The third-order valence-corrected chi connectivity index (χ3v) is 3.63. The van der Waals surface area contributed by atoms with Gasteiger partial charge in [-0.25, -0.2) is 0 Å². The normalized spacial score (nSPS) is 9.84. The van der Waals surface area contributed by atoms with Crippen LogP contribution in [0.5, 0.6) is 0 Å². The molecule has 0 aliphatic rings. The van der Waals surface area contributed by atoms with Gasteiger partial charge in [-0.3, -0.25) is 19.7 Å². The number of rotatable bonds is 8. The number of carbonyl (C=O) groups is 2. The van der Waals surface area contributed by atoms with Crippen LogP contribution in [0.15, 0.2) is 18.2 Å². The van der Waals surface area contributed by atoms with Crippen LogP contribution in [0, 0.1) is 29.4 Å². The van der Waals surface area contributed by atoms with Crippen molar-refractivity contribution in [2.75, 3.05) is 38.6 Å². The lowest BCUT2D eigenvalue weighted by molar-refractivity contribution is -0.384. The Kier molecular flexibility index (Phi) is 7.41. The van der Waals surface area contributed by atoms with Gasteiger partial charge in [0, 0.05) is 33.3 Å². The van der Waals surface area contributed by atoms with Crippen molar-refractivity contribution in [2.45, 2.75) is 13.3 Å². The lowest BCUT2D eigenvalue weighted by Crippen LogP contribution is -2.37. The molecule has 0 saturated carbocycles. The summed E-state index contributed by atoms with van der Waals surface area (Å²) in [6, 6.07) is 4.87. The molecule has 8 heteroatoms. The van der Waals surface area contributed by atoms with Crippen LogP contribution in [-0.2, 0) is 9.59 Å². The standard InChI is InChI=1S/C17H22N4O4/c1-5-8-18-16(22)12-17(23)20(4)10-9-19(3)15-11-13(2)6-7-14(15)21(24)25/h1,6-7,11H,8-10,12H2,2-4H3,(H,18,22). The predicted molar refractivity (Wildman–Crippen MR) is 95.2 cm³/mol. The van der Waals surface area contributed by atoms with Crippen molar-refractivity contribution in [3.05, 3.63) is 33.9 Å². The third kappa shape index (κ3) is 6.14. The Balaban J connectivity index is 2.64. The number of anilines is 1. The SMILES string of the molecule is C#CCNC(=O)CC(=O)N(C)CCN(C)c1cc(C)ccc1[N+](=O)[O-]. The highest BCUT2D eigenvalue weighted by Crippen LogP contribution is 2.28. The molecule has 0 bridgehead atoms. The minimum Gasteiger partial charge on any atom is -0.367 e.